The van der Waals surface area contributed by atoms with E-state index in [2.05, 4.69) is 15.0 Å². The molecule has 0 aliphatic carbocycles. The fourth-order valence-corrected chi connectivity index (χ4v) is 6.28. The van der Waals surface area contributed by atoms with E-state index in [-0.39, 0.29) is 41.0 Å². The maximum Gasteiger partial charge on any atom is 0.416 e. The Balaban J connectivity index is 0.00000500. The Kier molecular flexibility index (Phi) is 11.1. The first-order valence-corrected chi connectivity index (χ1v) is 16.1. The number of nitrogens with zero attached hydrogens (tertiary/aromatic N) is 1. The molecule has 8 nitrogen and oxygen atoms in total. The normalized spacial score (nSPS) is 11.3. The summed E-state index contributed by atoms with van der Waals surface area (Å²) < 4.78 is 73.0. The third kappa shape index (κ3) is 8.97. The smallest absolute Gasteiger partial charge is 0.416 e. The third-order valence-electron chi connectivity index (χ3n) is 6.74. The standard InChI is InChI=1S/C33H26F3N3O5S2.ClH/c1-21-7-14-30(46(42,43)39-32(41)29-6-3-15-45-29)27(16-21)24-10-8-22(9-11-24)20-44-26-12-13-28(37-19-26)31(40)38-18-23-4-2-5-25(17-23)33(34,35)36;/h2-17,19H,18,20H2,1H3,(H,38,40)(H,39,41);1H. The van der Waals surface area contributed by atoms with Gasteiger partial charge < -0.3 is 10.1 Å². The number of thiophene rings is 1. The summed E-state index contributed by atoms with van der Waals surface area (Å²) in [5, 5.41) is 4.24. The van der Waals surface area contributed by atoms with Crippen molar-refractivity contribution in [1.29, 1.82) is 0 Å². The van der Waals surface area contributed by atoms with Gasteiger partial charge >= 0.3 is 6.18 Å². The highest BCUT2D eigenvalue weighted by molar-refractivity contribution is 7.90. The molecule has 2 amide bonds. The predicted molar refractivity (Wildman–Crippen MR) is 174 cm³/mol. The maximum absolute atomic E-state index is 13.2. The average Bonchev–Trinajstić information content (AvgIpc) is 3.58. The number of halogens is 4. The molecule has 0 aliphatic rings. The van der Waals surface area contributed by atoms with Crippen molar-refractivity contribution < 1.29 is 35.9 Å². The molecule has 5 rings (SSSR count). The number of carbonyl (C=O) groups excluding carboxylic acids is 2. The summed E-state index contributed by atoms with van der Waals surface area (Å²) >= 11 is 1.14. The molecule has 0 unspecified atom stereocenters. The molecule has 2 heterocycles. The van der Waals surface area contributed by atoms with Gasteiger partial charge in [0.15, 0.2) is 0 Å². The lowest BCUT2D eigenvalue weighted by Crippen LogP contribution is -2.30. The summed E-state index contributed by atoms with van der Waals surface area (Å²) in [6.07, 6.45) is -3.11. The van der Waals surface area contributed by atoms with Gasteiger partial charge in [-0.1, -0.05) is 60.2 Å². The van der Waals surface area contributed by atoms with Gasteiger partial charge in [-0.25, -0.2) is 18.1 Å². The Bertz CT molecular complexity index is 1970. The summed E-state index contributed by atoms with van der Waals surface area (Å²) in [7, 11) is -4.17. The minimum atomic E-state index is -4.47. The average molecular weight is 702 g/mol. The van der Waals surface area contributed by atoms with Crippen LogP contribution in [0.1, 0.15) is 42.4 Å². The van der Waals surface area contributed by atoms with Crippen LogP contribution in [0.2, 0.25) is 0 Å². The molecule has 0 saturated heterocycles. The van der Waals surface area contributed by atoms with Crippen LogP contribution >= 0.6 is 23.7 Å². The first-order chi connectivity index (χ1) is 21.9. The third-order valence-corrected chi connectivity index (χ3v) is 9.00. The van der Waals surface area contributed by atoms with Crippen molar-refractivity contribution in [3.63, 3.8) is 0 Å². The van der Waals surface area contributed by atoms with Crippen LogP contribution in [-0.4, -0.2) is 25.2 Å². The number of rotatable bonds is 10. The van der Waals surface area contributed by atoms with Crippen molar-refractivity contribution in [2.75, 3.05) is 0 Å². The summed E-state index contributed by atoms with van der Waals surface area (Å²) in [6, 6.07) is 22.8. The van der Waals surface area contributed by atoms with Gasteiger partial charge in [0.25, 0.3) is 21.8 Å². The van der Waals surface area contributed by atoms with Crippen LogP contribution in [0.25, 0.3) is 11.1 Å². The van der Waals surface area contributed by atoms with Gasteiger partial charge in [-0.3, -0.25) is 9.59 Å². The number of hydrogen-bond acceptors (Lipinski definition) is 7. The minimum absolute atomic E-state index is 0. The SMILES string of the molecule is Cc1ccc(S(=O)(=O)NC(=O)c2cccs2)c(-c2ccc(COc3ccc(C(=O)NCc4cccc(C(F)(F)F)c4)nc3)cc2)c1.Cl. The Labute approximate surface area is 279 Å². The predicted octanol–water partition coefficient (Wildman–Crippen LogP) is 7.19. The van der Waals surface area contributed by atoms with E-state index in [1.54, 1.807) is 60.0 Å². The van der Waals surface area contributed by atoms with E-state index in [1.165, 1.54) is 30.5 Å². The zero-order chi connectivity index (χ0) is 32.9. The number of ether oxygens (including phenoxy) is 1. The van der Waals surface area contributed by atoms with Crippen LogP contribution in [0.15, 0.2) is 107 Å². The molecule has 244 valence electrons. The molecule has 0 saturated carbocycles. The van der Waals surface area contributed by atoms with Crippen LogP contribution in [0, 0.1) is 6.92 Å². The van der Waals surface area contributed by atoms with E-state index in [0.717, 1.165) is 34.6 Å². The van der Waals surface area contributed by atoms with Crippen molar-refractivity contribution in [3.8, 4) is 16.9 Å². The van der Waals surface area contributed by atoms with Gasteiger partial charge in [0.2, 0.25) is 0 Å². The number of amides is 2. The topological polar surface area (TPSA) is 114 Å². The summed E-state index contributed by atoms with van der Waals surface area (Å²) in [5.41, 5.74) is 2.25. The van der Waals surface area contributed by atoms with Gasteiger partial charge in [0, 0.05) is 12.1 Å². The Morgan fingerprint density at radius 3 is 2.32 bits per heavy atom. The summed E-state index contributed by atoms with van der Waals surface area (Å²) in [5.74, 6) is -0.873. The van der Waals surface area contributed by atoms with Crippen molar-refractivity contribution >= 4 is 45.6 Å². The lowest BCUT2D eigenvalue weighted by atomic mass is 10.0. The Morgan fingerprint density at radius 1 is 0.894 bits per heavy atom. The second kappa shape index (κ2) is 14.8. The lowest BCUT2D eigenvalue weighted by molar-refractivity contribution is -0.137. The van der Waals surface area contributed by atoms with E-state index in [1.807, 2.05) is 6.92 Å². The summed E-state index contributed by atoms with van der Waals surface area (Å²) in [6.45, 7) is 1.89. The zero-order valence-corrected chi connectivity index (χ0v) is 27.0. The molecule has 2 aromatic heterocycles. The number of pyridine rings is 1. The van der Waals surface area contributed by atoms with Gasteiger partial charge in [-0.05, 0) is 65.4 Å². The fourth-order valence-electron chi connectivity index (χ4n) is 4.42. The minimum Gasteiger partial charge on any atom is -0.487 e. The molecule has 0 spiro atoms. The highest BCUT2D eigenvalue weighted by atomic mass is 35.5. The number of sulfonamides is 1. The number of benzene rings is 3. The molecule has 0 aliphatic heterocycles. The van der Waals surface area contributed by atoms with E-state index in [9.17, 15) is 31.2 Å². The zero-order valence-electron chi connectivity index (χ0n) is 24.6. The second-order valence-electron chi connectivity index (χ2n) is 10.2. The van der Waals surface area contributed by atoms with E-state index < -0.39 is 33.6 Å². The molecular weight excluding hydrogens is 675 g/mol. The Hall–Kier alpha value is -4.72. The second-order valence-corrected chi connectivity index (χ2v) is 12.8. The summed E-state index contributed by atoms with van der Waals surface area (Å²) in [4.78, 5) is 29.3. The largest absolute Gasteiger partial charge is 0.487 e. The van der Waals surface area contributed by atoms with Gasteiger partial charge in [0.1, 0.15) is 18.1 Å². The molecule has 0 bridgehead atoms. The van der Waals surface area contributed by atoms with Gasteiger partial charge in [-0.15, -0.1) is 23.7 Å². The van der Waals surface area contributed by atoms with Crippen LogP contribution in [0.5, 0.6) is 5.75 Å². The van der Waals surface area contributed by atoms with Crippen LogP contribution < -0.4 is 14.8 Å². The van der Waals surface area contributed by atoms with Crippen molar-refractivity contribution in [3.05, 3.63) is 135 Å². The highest BCUT2D eigenvalue weighted by Gasteiger charge is 2.30. The van der Waals surface area contributed by atoms with Crippen molar-refractivity contribution in [1.82, 2.24) is 15.0 Å². The maximum atomic E-state index is 13.2. The van der Waals surface area contributed by atoms with Crippen LogP contribution in [-0.2, 0) is 29.4 Å². The molecular formula is C33H27ClF3N3O5S2. The Morgan fingerprint density at radius 2 is 1.66 bits per heavy atom. The highest BCUT2D eigenvalue weighted by Crippen LogP contribution is 2.30. The van der Waals surface area contributed by atoms with Crippen molar-refractivity contribution in [2.24, 2.45) is 0 Å². The molecule has 0 atom stereocenters. The number of aryl methyl sites for hydroxylation is 1. The lowest BCUT2D eigenvalue weighted by Gasteiger charge is -2.13. The molecule has 47 heavy (non-hydrogen) atoms. The first-order valence-electron chi connectivity index (χ1n) is 13.7. The quantitative estimate of drug-likeness (QED) is 0.159. The molecule has 14 heteroatoms. The number of hydrogen-bond donors (Lipinski definition) is 2. The molecule has 2 N–H and O–H groups in total. The fraction of sp³-hybridized carbons (Fsp3) is 0.121. The van der Waals surface area contributed by atoms with Crippen LogP contribution in [0.4, 0.5) is 13.2 Å². The number of carbonyl (C=O) groups is 2. The molecule has 0 fully saturated rings. The van der Waals surface area contributed by atoms with E-state index >= 15 is 0 Å². The monoisotopic (exact) mass is 701 g/mol. The van der Waals surface area contributed by atoms with E-state index in [0.29, 0.717) is 22.4 Å². The molecule has 3 aromatic carbocycles. The van der Waals surface area contributed by atoms with Crippen molar-refractivity contribution in [2.45, 2.75) is 31.1 Å². The van der Waals surface area contributed by atoms with Gasteiger partial charge in [-0.2, -0.15) is 13.2 Å². The number of nitrogens with one attached hydrogen (secondary N) is 2. The molecule has 0 radical (unpaired) electrons. The first kappa shape index (κ1) is 35.1. The van der Waals surface area contributed by atoms with Crippen LogP contribution in [0.3, 0.4) is 0 Å². The van der Waals surface area contributed by atoms with E-state index in [4.69, 9.17) is 4.74 Å². The molecule has 5 aromatic rings. The van der Waals surface area contributed by atoms with Gasteiger partial charge in [0.05, 0.1) is 21.5 Å². The number of aromatic nitrogens is 1. The number of alkyl halides is 3.